The fraction of sp³-hybridized carbons (Fsp3) is 0.857. The first kappa shape index (κ1) is 12.2. The molecule has 2 unspecified atom stereocenters. The van der Waals surface area contributed by atoms with Gasteiger partial charge in [-0.05, 0) is 6.42 Å². The van der Waals surface area contributed by atoms with Gasteiger partial charge in [0.2, 0.25) is 0 Å². The van der Waals surface area contributed by atoms with Crippen LogP contribution in [0.25, 0.3) is 0 Å². The number of halogens is 4. The molecular weight excluding hydrogens is 192 g/mol. The largest absolute Gasteiger partial charge is 0.457 e. The van der Waals surface area contributed by atoms with Gasteiger partial charge in [-0.1, -0.05) is 13.8 Å². The van der Waals surface area contributed by atoms with Gasteiger partial charge < -0.3 is 4.74 Å². The van der Waals surface area contributed by atoms with E-state index in [1.54, 1.807) is 6.92 Å². The highest BCUT2D eigenvalue weighted by atomic mass is 19.4. The Balaban J connectivity index is 4.07. The molecule has 2 nitrogen and oxygen atoms in total. The zero-order valence-corrected chi connectivity index (χ0v) is 7.19. The van der Waals surface area contributed by atoms with Gasteiger partial charge in [0.15, 0.2) is 0 Å². The van der Waals surface area contributed by atoms with E-state index in [2.05, 4.69) is 4.74 Å². The van der Waals surface area contributed by atoms with Crippen LogP contribution < -0.4 is 0 Å². The predicted molar refractivity (Wildman–Crippen MR) is 36.5 cm³/mol. The third kappa shape index (κ3) is 4.10. The van der Waals surface area contributed by atoms with Crippen molar-refractivity contribution in [1.29, 1.82) is 0 Å². The summed E-state index contributed by atoms with van der Waals surface area (Å²) < 4.78 is 50.2. The second-order valence-electron chi connectivity index (χ2n) is 2.60. The molecule has 0 aliphatic heterocycles. The van der Waals surface area contributed by atoms with E-state index in [1.807, 2.05) is 0 Å². The van der Waals surface area contributed by atoms with E-state index in [-0.39, 0.29) is 0 Å². The molecule has 0 aliphatic carbocycles. The minimum Gasteiger partial charge on any atom is -0.421 e. The first-order valence-electron chi connectivity index (χ1n) is 3.70. The Hall–Kier alpha value is -0.810. The SMILES string of the molecule is CCC(C)C(=O)OC(F)C(F)(F)F. The third-order valence-corrected chi connectivity index (χ3v) is 1.49. The normalized spacial score (nSPS) is 16.5. The molecule has 6 heteroatoms. The molecule has 0 aliphatic rings. The first-order valence-corrected chi connectivity index (χ1v) is 3.70. The summed E-state index contributed by atoms with van der Waals surface area (Å²) in [5, 5.41) is 0. The average molecular weight is 202 g/mol. The Morgan fingerprint density at radius 1 is 1.46 bits per heavy atom. The first-order chi connectivity index (χ1) is 5.79. The Morgan fingerprint density at radius 3 is 2.23 bits per heavy atom. The number of rotatable bonds is 3. The average Bonchev–Trinajstić information content (AvgIpc) is 2.01. The molecule has 0 aromatic rings. The summed E-state index contributed by atoms with van der Waals surface area (Å²) in [7, 11) is 0. The lowest BCUT2D eigenvalue weighted by Gasteiger charge is -2.15. The Bertz CT molecular complexity index is 178. The number of carbonyl (C=O) groups is 1. The number of carbonyl (C=O) groups excluding carboxylic acids is 1. The van der Waals surface area contributed by atoms with Gasteiger partial charge in [0.1, 0.15) is 0 Å². The highest BCUT2D eigenvalue weighted by Crippen LogP contribution is 2.24. The van der Waals surface area contributed by atoms with Crippen molar-refractivity contribution in [3.63, 3.8) is 0 Å². The fourth-order valence-corrected chi connectivity index (χ4v) is 0.452. The minimum absolute atomic E-state index is 0.309. The lowest BCUT2D eigenvalue weighted by Crippen LogP contribution is -2.31. The molecule has 0 heterocycles. The van der Waals surface area contributed by atoms with E-state index in [0.29, 0.717) is 6.42 Å². The van der Waals surface area contributed by atoms with Crippen LogP contribution in [-0.2, 0) is 9.53 Å². The van der Waals surface area contributed by atoms with Gasteiger partial charge in [-0.2, -0.15) is 17.6 Å². The van der Waals surface area contributed by atoms with Crippen molar-refractivity contribution in [2.75, 3.05) is 0 Å². The maximum atomic E-state index is 12.1. The van der Waals surface area contributed by atoms with Crippen molar-refractivity contribution in [3.05, 3.63) is 0 Å². The lowest BCUT2D eigenvalue weighted by atomic mass is 10.1. The maximum absolute atomic E-state index is 12.1. The van der Waals surface area contributed by atoms with E-state index < -0.39 is 24.4 Å². The summed E-state index contributed by atoms with van der Waals surface area (Å²) >= 11 is 0. The molecule has 0 N–H and O–H groups in total. The summed E-state index contributed by atoms with van der Waals surface area (Å²) in [5.74, 6) is -1.90. The number of hydrogen-bond acceptors (Lipinski definition) is 2. The van der Waals surface area contributed by atoms with Gasteiger partial charge in [0.25, 0.3) is 0 Å². The number of ether oxygens (including phenoxy) is 1. The monoisotopic (exact) mass is 202 g/mol. The third-order valence-electron chi connectivity index (χ3n) is 1.49. The van der Waals surface area contributed by atoms with Crippen LogP contribution in [0, 0.1) is 5.92 Å². The van der Waals surface area contributed by atoms with Crippen molar-refractivity contribution >= 4 is 5.97 Å². The molecule has 2 atom stereocenters. The van der Waals surface area contributed by atoms with Gasteiger partial charge in [0, 0.05) is 0 Å². The van der Waals surface area contributed by atoms with Crippen molar-refractivity contribution in [2.24, 2.45) is 5.92 Å². The second-order valence-corrected chi connectivity index (χ2v) is 2.60. The summed E-state index contributed by atoms with van der Waals surface area (Å²) in [6.45, 7) is 2.96. The van der Waals surface area contributed by atoms with E-state index in [0.717, 1.165) is 0 Å². The van der Waals surface area contributed by atoms with Crippen LogP contribution in [0.3, 0.4) is 0 Å². The van der Waals surface area contributed by atoms with Gasteiger partial charge >= 0.3 is 18.5 Å². The lowest BCUT2D eigenvalue weighted by molar-refractivity contribution is -0.259. The molecule has 0 rings (SSSR count). The topological polar surface area (TPSA) is 26.3 Å². The van der Waals surface area contributed by atoms with Crippen LogP contribution in [0.4, 0.5) is 17.6 Å². The van der Waals surface area contributed by atoms with Crippen LogP contribution in [0.1, 0.15) is 20.3 Å². The van der Waals surface area contributed by atoms with Crippen LogP contribution in [0.5, 0.6) is 0 Å². The van der Waals surface area contributed by atoms with Crippen LogP contribution in [0.2, 0.25) is 0 Å². The molecule has 0 bridgehead atoms. The number of hydrogen-bond donors (Lipinski definition) is 0. The Labute approximate surface area is 72.9 Å². The molecule has 0 aromatic heterocycles. The van der Waals surface area contributed by atoms with Gasteiger partial charge in [-0.15, -0.1) is 0 Å². The molecule has 78 valence electrons. The Kier molecular flexibility index (Phi) is 4.16. The fourth-order valence-electron chi connectivity index (χ4n) is 0.452. The van der Waals surface area contributed by atoms with Gasteiger partial charge in [0.05, 0.1) is 5.92 Å². The van der Waals surface area contributed by atoms with E-state index in [9.17, 15) is 22.4 Å². The molecule has 13 heavy (non-hydrogen) atoms. The van der Waals surface area contributed by atoms with Gasteiger partial charge in [-0.3, -0.25) is 4.79 Å². The highest BCUT2D eigenvalue weighted by molar-refractivity contribution is 5.72. The van der Waals surface area contributed by atoms with E-state index in [4.69, 9.17) is 0 Å². The highest BCUT2D eigenvalue weighted by Gasteiger charge is 2.43. The van der Waals surface area contributed by atoms with Crippen molar-refractivity contribution in [2.45, 2.75) is 32.8 Å². The summed E-state index contributed by atoms with van der Waals surface area (Å²) in [6.07, 6.45) is -8.35. The smallest absolute Gasteiger partial charge is 0.421 e. The van der Waals surface area contributed by atoms with Crippen LogP contribution in [-0.4, -0.2) is 18.5 Å². The Morgan fingerprint density at radius 2 is 1.92 bits per heavy atom. The standard InChI is InChI=1S/C7H10F4O2/c1-3-4(2)5(12)13-6(8)7(9,10)11/h4,6H,3H2,1-2H3. The molecule has 0 amide bonds. The second kappa shape index (κ2) is 4.43. The molecule has 0 fully saturated rings. The molecule has 0 spiro atoms. The maximum Gasteiger partial charge on any atom is 0.457 e. The molecule has 0 saturated heterocycles. The number of alkyl halides is 4. The van der Waals surface area contributed by atoms with Crippen molar-refractivity contribution in [1.82, 2.24) is 0 Å². The predicted octanol–water partition coefficient (Wildman–Crippen LogP) is 2.43. The quantitative estimate of drug-likeness (QED) is 0.519. The molecular formula is C7H10F4O2. The van der Waals surface area contributed by atoms with Crippen LogP contribution in [0.15, 0.2) is 0 Å². The van der Waals surface area contributed by atoms with Crippen molar-refractivity contribution < 1.29 is 27.1 Å². The van der Waals surface area contributed by atoms with Crippen molar-refractivity contribution in [3.8, 4) is 0 Å². The van der Waals surface area contributed by atoms with Crippen LogP contribution >= 0.6 is 0 Å². The zero-order chi connectivity index (χ0) is 10.6. The summed E-state index contributed by atoms with van der Waals surface area (Å²) in [6, 6.07) is 0. The summed E-state index contributed by atoms with van der Waals surface area (Å²) in [5.41, 5.74) is 0. The molecule has 0 saturated carbocycles. The molecule has 0 radical (unpaired) electrons. The molecule has 0 aromatic carbocycles. The number of esters is 1. The van der Waals surface area contributed by atoms with E-state index in [1.165, 1.54) is 6.92 Å². The van der Waals surface area contributed by atoms with Gasteiger partial charge in [-0.25, -0.2) is 0 Å². The minimum atomic E-state index is -5.14. The zero-order valence-electron chi connectivity index (χ0n) is 7.19. The van der Waals surface area contributed by atoms with E-state index >= 15 is 0 Å². The summed E-state index contributed by atoms with van der Waals surface area (Å²) in [4.78, 5) is 10.7.